The van der Waals surface area contributed by atoms with Gasteiger partial charge in [0.1, 0.15) is 0 Å². The summed E-state index contributed by atoms with van der Waals surface area (Å²) < 4.78 is 1.90. The van der Waals surface area contributed by atoms with Gasteiger partial charge in [0.25, 0.3) is 0 Å². The lowest BCUT2D eigenvalue weighted by Crippen LogP contribution is -2.28. The van der Waals surface area contributed by atoms with Crippen molar-refractivity contribution in [2.75, 3.05) is 0 Å². The number of hydrogen-bond acceptors (Lipinski definition) is 3. The molecule has 0 radical (unpaired) electrons. The van der Waals surface area contributed by atoms with Crippen LogP contribution in [0.5, 0.6) is 0 Å². The highest BCUT2D eigenvalue weighted by Gasteiger charge is 2.17. The van der Waals surface area contributed by atoms with Gasteiger partial charge in [-0.05, 0) is 43.9 Å². The summed E-state index contributed by atoms with van der Waals surface area (Å²) in [5, 5.41) is 5.54. The van der Waals surface area contributed by atoms with Gasteiger partial charge in [0, 0.05) is 18.8 Å². The molecule has 1 heterocycles. The van der Waals surface area contributed by atoms with Crippen molar-refractivity contribution >= 4 is 23.2 Å². The van der Waals surface area contributed by atoms with Crippen molar-refractivity contribution < 1.29 is 0 Å². The number of aromatic nitrogens is 2. The first-order chi connectivity index (χ1) is 9.95. The van der Waals surface area contributed by atoms with Crippen LogP contribution < -0.4 is 11.3 Å². The topological polar surface area (TPSA) is 55.9 Å². The zero-order valence-electron chi connectivity index (χ0n) is 12.5. The number of benzene rings is 1. The minimum atomic E-state index is -0.0461. The van der Waals surface area contributed by atoms with E-state index in [9.17, 15) is 0 Å². The lowest BCUT2D eigenvalue weighted by molar-refractivity contribution is 0.515. The number of hydrazine groups is 1. The zero-order valence-corrected chi connectivity index (χ0v) is 14.0. The Morgan fingerprint density at radius 2 is 2.05 bits per heavy atom. The van der Waals surface area contributed by atoms with Crippen molar-refractivity contribution in [3.63, 3.8) is 0 Å². The molecule has 114 valence electrons. The van der Waals surface area contributed by atoms with E-state index in [4.69, 9.17) is 29.0 Å². The summed E-state index contributed by atoms with van der Waals surface area (Å²) in [5.41, 5.74) is 7.25. The predicted octanol–water partition coefficient (Wildman–Crippen LogP) is 3.48. The maximum absolute atomic E-state index is 6.27. The molecule has 6 heteroatoms. The second-order valence-corrected chi connectivity index (χ2v) is 5.96. The number of rotatable bonds is 5. The molecule has 0 aliphatic heterocycles. The highest BCUT2D eigenvalue weighted by atomic mass is 35.5. The van der Waals surface area contributed by atoms with Gasteiger partial charge in [-0.1, -0.05) is 35.3 Å². The fourth-order valence-corrected chi connectivity index (χ4v) is 3.03. The van der Waals surface area contributed by atoms with Gasteiger partial charge in [0.15, 0.2) is 0 Å². The van der Waals surface area contributed by atoms with Crippen LogP contribution >= 0.6 is 23.2 Å². The van der Waals surface area contributed by atoms with E-state index < -0.39 is 0 Å². The molecule has 1 unspecified atom stereocenters. The highest BCUT2D eigenvalue weighted by Crippen LogP contribution is 2.32. The lowest BCUT2D eigenvalue weighted by atomic mass is 9.98. The average Bonchev–Trinajstić information content (AvgIpc) is 2.69. The molecule has 0 fully saturated rings. The summed E-state index contributed by atoms with van der Waals surface area (Å²) in [5.74, 6) is 5.70. The van der Waals surface area contributed by atoms with Crippen LogP contribution in [0.15, 0.2) is 18.2 Å². The smallest absolute Gasteiger partial charge is 0.0640 e. The molecular formula is C15H20Cl2N4. The van der Waals surface area contributed by atoms with Crippen LogP contribution in [0.2, 0.25) is 10.0 Å². The SMILES string of the molecule is Cc1nn(C)c(C)c1CCC(NN)c1cccc(Cl)c1Cl. The second-order valence-electron chi connectivity index (χ2n) is 5.17. The second kappa shape index (κ2) is 6.79. The van der Waals surface area contributed by atoms with Crippen LogP contribution in [0, 0.1) is 13.8 Å². The fraction of sp³-hybridized carbons (Fsp3) is 0.400. The normalized spacial score (nSPS) is 12.7. The van der Waals surface area contributed by atoms with Gasteiger partial charge in [0.2, 0.25) is 0 Å². The largest absolute Gasteiger partial charge is 0.272 e. The molecule has 4 nitrogen and oxygen atoms in total. The third kappa shape index (κ3) is 3.40. The molecular weight excluding hydrogens is 307 g/mol. The Morgan fingerprint density at radius 3 is 2.62 bits per heavy atom. The van der Waals surface area contributed by atoms with Gasteiger partial charge in [0.05, 0.1) is 15.7 Å². The Labute approximate surface area is 135 Å². The monoisotopic (exact) mass is 326 g/mol. The van der Waals surface area contributed by atoms with Crippen molar-refractivity contribution in [2.24, 2.45) is 12.9 Å². The van der Waals surface area contributed by atoms with Gasteiger partial charge in [-0.15, -0.1) is 0 Å². The summed E-state index contributed by atoms with van der Waals surface area (Å²) in [4.78, 5) is 0. The van der Waals surface area contributed by atoms with Crippen LogP contribution in [-0.4, -0.2) is 9.78 Å². The van der Waals surface area contributed by atoms with E-state index in [-0.39, 0.29) is 6.04 Å². The summed E-state index contributed by atoms with van der Waals surface area (Å²) in [6.45, 7) is 4.10. The number of aryl methyl sites for hydroxylation is 2. The van der Waals surface area contributed by atoms with Gasteiger partial charge >= 0.3 is 0 Å². The van der Waals surface area contributed by atoms with Crippen LogP contribution in [0.25, 0.3) is 0 Å². The van der Waals surface area contributed by atoms with Crippen LogP contribution in [0.4, 0.5) is 0 Å². The first-order valence-corrected chi connectivity index (χ1v) is 7.60. The first-order valence-electron chi connectivity index (χ1n) is 6.84. The highest BCUT2D eigenvalue weighted by molar-refractivity contribution is 6.42. The zero-order chi connectivity index (χ0) is 15.6. The summed E-state index contributed by atoms with van der Waals surface area (Å²) in [6.07, 6.45) is 1.70. The van der Waals surface area contributed by atoms with E-state index in [2.05, 4.69) is 17.4 Å². The maximum atomic E-state index is 6.27. The van der Waals surface area contributed by atoms with Crippen molar-refractivity contribution in [3.05, 3.63) is 50.8 Å². The molecule has 2 rings (SSSR count). The molecule has 0 aliphatic rings. The van der Waals surface area contributed by atoms with Crippen molar-refractivity contribution in [1.82, 2.24) is 15.2 Å². The maximum Gasteiger partial charge on any atom is 0.0640 e. The van der Waals surface area contributed by atoms with Crippen molar-refractivity contribution in [2.45, 2.75) is 32.7 Å². The third-order valence-corrected chi connectivity index (χ3v) is 4.73. The van der Waals surface area contributed by atoms with E-state index in [1.165, 1.54) is 11.3 Å². The molecule has 0 saturated carbocycles. The number of hydrogen-bond donors (Lipinski definition) is 2. The molecule has 0 spiro atoms. The molecule has 3 N–H and O–H groups in total. The Morgan fingerprint density at radius 1 is 1.33 bits per heavy atom. The molecule has 0 amide bonds. The molecule has 0 aliphatic carbocycles. The van der Waals surface area contributed by atoms with Gasteiger partial charge < -0.3 is 0 Å². The van der Waals surface area contributed by atoms with E-state index in [1.54, 1.807) is 6.07 Å². The number of nitrogens with zero attached hydrogens (tertiary/aromatic N) is 2. The molecule has 21 heavy (non-hydrogen) atoms. The summed E-state index contributed by atoms with van der Waals surface area (Å²) >= 11 is 12.3. The minimum Gasteiger partial charge on any atom is -0.272 e. The average molecular weight is 327 g/mol. The van der Waals surface area contributed by atoms with Gasteiger partial charge in [-0.2, -0.15) is 5.10 Å². The Balaban J connectivity index is 2.18. The quantitative estimate of drug-likeness (QED) is 0.653. The van der Waals surface area contributed by atoms with Crippen molar-refractivity contribution in [3.8, 4) is 0 Å². The van der Waals surface area contributed by atoms with Crippen molar-refractivity contribution in [1.29, 1.82) is 0 Å². The fourth-order valence-electron chi connectivity index (χ4n) is 2.59. The van der Waals surface area contributed by atoms with Gasteiger partial charge in [-0.25, -0.2) is 0 Å². The number of nitrogens with one attached hydrogen (secondary N) is 1. The van der Waals surface area contributed by atoms with E-state index in [0.29, 0.717) is 10.0 Å². The lowest BCUT2D eigenvalue weighted by Gasteiger charge is -2.18. The molecule has 0 saturated heterocycles. The minimum absolute atomic E-state index is 0.0461. The molecule has 0 bridgehead atoms. The van der Waals surface area contributed by atoms with E-state index >= 15 is 0 Å². The third-order valence-electron chi connectivity index (χ3n) is 3.90. The Hall–Kier alpha value is -1.07. The Kier molecular flexibility index (Phi) is 5.27. The van der Waals surface area contributed by atoms with E-state index in [1.807, 2.05) is 30.8 Å². The van der Waals surface area contributed by atoms with E-state index in [0.717, 1.165) is 24.1 Å². The summed E-state index contributed by atoms with van der Waals surface area (Å²) in [7, 11) is 1.96. The van der Waals surface area contributed by atoms with Gasteiger partial charge in [-0.3, -0.25) is 16.0 Å². The van der Waals surface area contributed by atoms with Crippen LogP contribution in [0.3, 0.4) is 0 Å². The molecule has 1 aromatic carbocycles. The number of halogens is 2. The van der Waals surface area contributed by atoms with Crippen LogP contribution in [-0.2, 0) is 13.5 Å². The molecule has 1 aromatic heterocycles. The molecule has 2 aromatic rings. The Bertz CT molecular complexity index is 637. The number of nitrogens with two attached hydrogens (primary N) is 1. The summed E-state index contributed by atoms with van der Waals surface area (Å²) in [6, 6.07) is 5.56. The van der Waals surface area contributed by atoms with Crippen LogP contribution in [0.1, 0.15) is 35.0 Å². The predicted molar refractivity (Wildman–Crippen MR) is 87.5 cm³/mol. The first kappa shape index (κ1) is 16.3. The standard InChI is InChI=1S/C15H20Cl2N4/c1-9-11(10(2)21(3)20-9)7-8-14(19-18)12-5-4-6-13(16)15(12)17/h4-6,14,19H,7-8,18H2,1-3H3. The molecule has 1 atom stereocenters.